The summed E-state index contributed by atoms with van der Waals surface area (Å²) in [5, 5.41) is 0.674. The Balaban J connectivity index is 1.30. The minimum Gasteiger partial charge on any atom is -0.454 e. The summed E-state index contributed by atoms with van der Waals surface area (Å²) in [5.74, 6) is 0.387. The van der Waals surface area contributed by atoms with Crippen molar-refractivity contribution in [3.05, 3.63) is 64.8 Å². The van der Waals surface area contributed by atoms with Crippen molar-refractivity contribution in [3.8, 4) is 11.5 Å². The molecule has 3 heterocycles. The van der Waals surface area contributed by atoms with Crippen LogP contribution in [-0.2, 0) is 25.8 Å². The summed E-state index contributed by atoms with van der Waals surface area (Å²) in [6.45, 7) is -0.257. The molecule has 2 aromatic carbocycles. The molecule has 1 amide bonds. The van der Waals surface area contributed by atoms with Crippen LogP contribution in [-0.4, -0.2) is 68.2 Å². The Morgan fingerprint density at radius 3 is 2.77 bits per heavy atom. The van der Waals surface area contributed by atoms with E-state index in [1.165, 1.54) is 4.90 Å². The van der Waals surface area contributed by atoms with E-state index in [2.05, 4.69) is 6.08 Å². The smallest absolute Gasteiger partial charge is 0.339 e. The maximum atomic E-state index is 13.5. The SMILES string of the molecule is CN(C(=O)COC(=O)c1c2c(nc3ccccc13)/C(=C\c1ccc3c(c1)OCO3)CCC2)[C@@H]1CCS(=O)(=O)C1. The number of rotatable bonds is 5. The largest absolute Gasteiger partial charge is 0.454 e. The molecule has 202 valence electrons. The number of hydrogen-bond donors (Lipinski definition) is 0. The number of carbonyl (C=O) groups excluding carboxylic acids is 2. The predicted octanol–water partition coefficient (Wildman–Crippen LogP) is 3.64. The zero-order valence-corrected chi connectivity index (χ0v) is 22.3. The summed E-state index contributed by atoms with van der Waals surface area (Å²) in [6.07, 6.45) is 4.74. The van der Waals surface area contributed by atoms with E-state index in [9.17, 15) is 18.0 Å². The fraction of sp³-hybridized carbons (Fsp3) is 0.345. The van der Waals surface area contributed by atoms with Crippen molar-refractivity contribution in [2.24, 2.45) is 0 Å². The van der Waals surface area contributed by atoms with Gasteiger partial charge in [-0.15, -0.1) is 0 Å². The minimum absolute atomic E-state index is 0.0618. The van der Waals surface area contributed by atoms with Crippen molar-refractivity contribution in [1.29, 1.82) is 0 Å². The highest BCUT2D eigenvalue weighted by molar-refractivity contribution is 7.91. The Morgan fingerprint density at radius 1 is 1.13 bits per heavy atom. The molecule has 9 nitrogen and oxygen atoms in total. The third-order valence-electron chi connectivity index (χ3n) is 7.59. The number of sulfone groups is 1. The Labute approximate surface area is 226 Å². The number of hydrogen-bond acceptors (Lipinski definition) is 8. The molecule has 3 aromatic rings. The van der Waals surface area contributed by atoms with Crippen LogP contribution in [0.5, 0.6) is 11.5 Å². The molecule has 1 aromatic heterocycles. The van der Waals surface area contributed by atoms with Crippen molar-refractivity contribution in [2.45, 2.75) is 31.7 Å². The number of pyridine rings is 1. The molecule has 0 radical (unpaired) electrons. The third-order valence-corrected chi connectivity index (χ3v) is 9.34. The van der Waals surface area contributed by atoms with Gasteiger partial charge in [-0.3, -0.25) is 4.79 Å². The van der Waals surface area contributed by atoms with Gasteiger partial charge >= 0.3 is 5.97 Å². The topological polar surface area (TPSA) is 112 Å². The van der Waals surface area contributed by atoms with Crippen molar-refractivity contribution < 1.29 is 32.2 Å². The van der Waals surface area contributed by atoms with Gasteiger partial charge in [-0.05, 0) is 66.7 Å². The first-order chi connectivity index (χ1) is 18.8. The lowest BCUT2D eigenvalue weighted by molar-refractivity contribution is -0.134. The number of fused-ring (bicyclic) bond motifs is 3. The van der Waals surface area contributed by atoms with Gasteiger partial charge < -0.3 is 19.1 Å². The summed E-state index contributed by atoms with van der Waals surface area (Å²) in [7, 11) is -1.59. The predicted molar refractivity (Wildman–Crippen MR) is 145 cm³/mol. The van der Waals surface area contributed by atoms with Crippen LogP contribution in [0.25, 0.3) is 22.6 Å². The maximum Gasteiger partial charge on any atom is 0.339 e. The molecular formula is C29H28N2O7S. The summed E-state index contributed by atoms with van der Waals surface area (Å²) < 4.78 is 40.1. The number of benzene rings is 2. The first kappa shape index (κ1) is 25.4. The highest BCUT2D eigenvalue weighted by atomic mass is 32.2. The second-order valence-electron chi connectivity index (χ2n) is 10.1. The fourth-order valence-corrected chi connectivity index (χ4v) is 7.27. The molecule has 1 aliphatic carbocycles. The van der Waals surface area contributed by atoms with Crippen LogP contribution in [0, 0.1) is 0 Å². The molecule has 0 unspecified atom stereocenters. The number of amides is 1. The Morgan fingerprint density at radius 2 is 1.95 bits per heavy atom. The Kier molecular flexibility index (Phi) is 6.50. The molecule has 2 aliphatic heterocycles. The average Bonchev–Trinajstić information content (AvgIpc) is 3.55. The molecule has 3 aliphatic rings. The highest BCUT2D eigenvalue weighted by Crippen LogP contribution is 2.38. The zero-order valence-electron chi connectivity index (χ0n) is 21.5. The van der Waals surface area contributed by atoms with E-state index >= 15 is 0 Å². The van der Waals surface area contributed by atoms with Gasteiger partial charge in [-0.25, -0.2) is 18.2 Å². The van der Waals surface area contributed by atoms with Crippen LogP contribution < -0.4 is 9.47 Å². The van der Waals surface area contributed by atoms with Crippen LogP contribution >= 0.6 is 0 Å². The molecule has 1 fully saturated rings. The van der Waals surface area contributed by atoms with Gasteiger partial charge in [-0.1, -0.05) is 24.3 Å². The van der Waals surface area contributed by atoms with Crippen molar-refractivity contribution in [3.63, 3.8) is 0 Å². The summed E-state index contributed by atoms with van der Waals surface area (Å²) in [4.78, 5) is 32.6. The molecule has 0 bridgehead atoms. The van der Waals surface area contributed by atoms with Crippen molar-refractivity contribution in [1.82, 2.24) is 9.88 Å². The van der Waals surface area contributed by atoms with Gasteiger partial charge in [0.1, 0.15) is 0 Å². The fourth-order valence-electron chi connectivity index (χ4n) is 5.50. The normalized spacial score (nSPS) is 20.1. The monoisotopic (exact) mass is 548 g/mol. The molecule has 1 saturated heterocycles. The second-order valence-corrected chi connectivity index (χ2v) is 12.3. The molecule has 0 N–H and O–H groups in total. The standard InChI is InChI=1S/C29H28N2O7S/c1-31(20-11-12-39(34,35)16-20)26(32)15-36-29(33)27-21-6-2-3-8-23(21)30-28-19(5-4-7-22(27)28)13-18-9-10-24-25(14-18)38-17-37-24/h2-3,6,8-10,13-14,20H,4-5,7,11-12,15-17H2,1H3/b19-13-/t20-/m1/s1. The van der Waals surface area contributed by atoms with Crippen LogP contribution in [0.4, 0.5) is 0 Å². The summed E-state index contributed by atoms with van der Waals surface area (Å²) in [5.41, 5.74) is 4.60. The van der Waals surface area contributed by atoms with Crippen LogP contribution in [0.2, 0.25) is 0 Å². The van der Waals surface area contributed by atoms with E-state index < -0.39 is 34.4 Å². The first-order valence-corrected chi connectivity index (χ1v) is 14.8. The van der Waals surface area contributed by atoms with Gasteiger partial charge in [0.05, 0.1) is 28.3 Å². The van der Waals surface area contributed by atoms with Crippen molar-refractivity contribution in [2.75, 3.05) is 32.0 Å². The van der Waals surface area contributed by atoms with Gasteiger partial charge in [0, 0.05) is 18.5 Å². The molecular weight excluding hydrogens is 520 g/mol. The minimum atomic E-state index is -3.14. The van der Waals surface area contributed by atoms with E-state index in [1.807, 2.05) is 42.5 Å². The van der Waals surface area contributed by atoms with Crippen LogP contribution in [0.3, 0.4) is 0 Å². The van der Waals surface area contributed by atoms with E-state index in [-0.39, 0.29) is 18.3 Å². The number of ether oxygens (including phenoxy) is 3. The number of carbonyl (C=O) groups is 2. The third kappa shape index (κ3) is 4.96. The Hall–Kier alpha value is -3.92. The van der Waals surface area contributed by atoms with E-state index in [1.54, 1.807) is 7.05 Å². The number of likely N-dealkylation sites (N-methyl/N-ethyl adjacent to an activating group) is 1. The maximum absolute atomic E-state index is 13.5. The highest BCUT2D eigenvalue weighted by Gasteiger charge is 2.33. The number of para-hydroxylation sites is 1. The van der Waals surface area contributed by atoms with E-state index in [0.717, 1.165) is 35.2 Å². The molecule has 1 atom stereocenters. The molecule has 10 heteroatoms. The number of nitrogens with zero attached hydrogens (tertiary/aromatic N) is 2. The van der Waals surface area contributed by atoms with Gasteiger partial charge in [0.25, 0.3) is 5.91 Å². The lowest BCUT2D eigenvalue weighted by atomic mass is 9.86. The van der Waals surface area contributed by atoms with Gasteiger partial charge in [0.2, 0.25) is 6.79 Å². The van der Waals surface area contributed by atoms with Crippen molar-refractivity contribution >= 4 is 44.3 Å². The van der Waals surface area contributed by atoms with E-state index in [0.29, 0.717) is 40.8 Å². The van der Waals surface area contributed by atoms with Crippen LogP contribution in [0.15, 0.2) is 42.5 Å². The summed E-state index contributed by atoms with van der Waals surface area (Å²) >= 11 is 0. The molecule has 39 heavy (non-hydrogen) atoms. The quantitative estimate of drug-likeness (QED) is 0.445. The van der Waals surface area contributed by atoms with Crippen LogP contribution in [0.1, 0.15) is 46.4 Å². The van der Waals surface area contributed by atoms with E-state index in [4.69, 9.17) is 19.2 Å². The zero-order chi connectivity index (χ0) is 27.1. The lowest BCUT2D eigenvalue weighted by Crippen LogP contribution is -2.40. The Bertz CT molecular complexity index is 1630. The molecule has 0 saturated carbocycles. The van der Waals surface area contributed by atoms with Gasteiger partial charge in [0.15, 0.2) is 27.9 Å². The summed E-state index contributed by atoms with van der Waals surface area (Å²) in [6, 6.07) is 12.8. The second kappa shape index (κ2) is 10.00. The molecule has 6 rings (SSSR count). The number of esters is 1. The first-order valence-electron chi connectivity index (χ1n) is 12.9. The lowest BCUT2D eigenvalue weighted by Gasteiger charge is -2.24. The molecule has 0 spiro atoms. The number of allylic oxidation sites excluding steroid dienone is 1. The number of aromatic nitrogens is 1. The average molecular weight is 549 g/mol. The van der Waals surface area contributed by atoms with Gasteiger partial charge in [-0.2, -0.15) is 0 Å².